The zero-order chi connectivity index (χ0) is 14.3. The number of carbonyl (C=O) groups excluding carboxylic acids is 1. The molecule has 0 heterocycles. The summed E-state index contributed by atoms with van der Waals surface area (Å²) in [5.41, 5.74) is 0.641. The van der Waals surface area contributed by atoms with E-state index in [9.17, 15) is 9.59 Å². The third kappa shape index (κ3) is 5.74. The van der Waals surface area contributed by atoms with Gasteiger partial charge in [0.25, 0.3) is 0 Å². The molecule has 0 saturated heterocycles. The van der Waals surface area contributed by atoms with Crippen molar-refractivity contribution >= 4 is 33.5 Å². The number of carboxylic acid groups (broad SMARTS) is 1. The number of methoxy groups -OCH3 is 1. The minimum absolute atomic E-state index is 0.0934. The molecule has 0 aliphatic rings. The first-order valence-corrected chi connectivity index (χ1v) is 6.67. The smallest absolute Gasteiger partial charge is 0.303 e. The van der Waals surface area contributed by atoms with Crippen LogP contribution in [-0.2, 0) is 9.59 Å². The van der Waals surface area contributed by atoms with Crippen molar-refractivity contribution < 1.29 is 19.4 Å². The Labute approximate surface area is 120 Å². The number of ether oxygens (including phenoxy) is 1. The van der Waals surface area contributed by atoms with Gasteiger partial charge in [0, 0.05) is 23.4 Å². The molecule has 0 fully saturated rings. The van der Waals surface area contributed by atoms with Crippen LogP contribution in [0.1, 0.15) is 25.7 Å². The van der Waals surface area contributed by atoms with Crippen LogP contribution in [-0.4, -0.2) is 24.1 Å². The van der Waals surface area contributed by atoms with Crippen molar-refractivity contribution in [1.29, 1.82) is 0 Å². The molecule has 0 aliphatic heterocycles. The lowest BCUT2D eigenvalue weighted by Crippen LogP contribution is -2.11. The number of benzene rings is 1. The van der Waals surface area contributed by atoms with Crippen molar-refractivity contribution in [2.24, 2.45) is 0 Å². The number of nitrogens with one attached hydrogen (secondary N) is 1. The third-order valence-corrected chi connectivity index (χ3v) is 3.18. The molecule has 1 aromatic carbocycles. The van der Waals surface area contributed by atoms with Gasteiger partial charge in [-0.05, 0) is 40.9 Å². The van der Waals surface area contributed by atoms with Gasteiger partial charge in [-0.2, -0.15) is 0 Å². The Hall–Kier alpha value is -1.56. The number of carboxylic acids is 1. The fraction of sp³-hybridized carbons (Fsp3) is 0.385. The number of carbonyl (C=O) groups is 2. The molecule has 19 heavy (non-hydrogen) atoms. The van der Waals surface area contributed by atoms with Crippen LogP contribution >= 0.6 is 15.9 Å². The second kappa shape index (κ2) is 7.78. The van der Waals surface area contributed by atoms with E-state index in [1.165, 1.54) is 0 Å². The van der Waals surface area contributed by atoms with E-state index in [1.54, 1.807) is 25.3 Å². The van der Waals surface area contributed by atoms with Crippen LogP contribution in [0.25, 0.3) is 0 Å². The average Bonchev–Trinajstić information content (AvgIpc) is 2.37. The van der Waals surface area contributed by atoms with Gasteiger partial charge in [-0.3, -0.25) is 9.59 Å². The molecule has 0 aliphatic carbocycles. The summed E-state index contributed by atoms with van der Waals surface area (Å²) in [6, 6.07) is 5.30. The maximum Gasteiger partial charge on any atom is 0.303 e. The minimum Gasteiger partial charge on any atom is -0.497 e. The van der Waals surface area contributed by atoms with Crippen molar-refractivity contribution in [3.8, 4) is 5.75 Å². The molecule has 1 amide bonds. The summed E-state index contributed by atoms with van der Waals surface area (Å²) in [7, 11) is 1.56. The highest BCUT2D eigenvalue weighted by atomic mass is 79.9. The van der Waals surface area contributed by atoms with Gasteiger partial charge in [0.05, 0.1) is 12.8 Å². The maximum absolute atomic E-state index is 11.7. The zero-order valence-corrected chi connectivity index (χ0v) is 12.2. The summed E-state index contributed by atoms with van der Waals surface area (Å²) < 4.78 is 5.85. The first-order chi connectivity index (χ1) is 9.02. The van der Waals surface area contributed by atoms with Crippen LogP contribution in [0.3, 0.4) is 0 Å². The number of hydrogen-bond donors (Lipinski definition) is 2. The number of anilines is 1. The van der Waals surface area contributed by atoms with E-state index in [-0.39, 0.29) is 12.3 Å². The molecule has 0 spiro atoms. The van der Waals surface area contributed by atoms with E-state index < -0.39 is 5.97 Å². The Morgan fingerprint density at radius 2 is 2.00 bits per heavy atom. The van der Waals surface area contributed by atoms with Crippen LogP contribution in [0.4, 0.5) is 5.69 Å². The summed E-state index contributed by atoms with van der Waals surface area (Å²) >= 11 is 3.34. The molecule has 0 saturated carbocycles. The molecule has 5 nitrogen and oxygen atoms in total. The number of amides is 1. The van der Waals surface area contributed by atoms with Gasteiger partial charge in [-0.1, -0.05) is 0 Å². The van der Waals surface area contributed by atoms with E-state index in [2.05, 4.69) is 21.2 Å². The molecule has 6 heteroatoms. The molecule has 104 valence electrons. The molecule has 0 atom stereocenters. The molecule has 1 aromatic rings. The van der Waals surface area contributed by atoms with Gasteiger partial charge in [-0.25, -0.2) is 0 Å². The van der Waals surface area contributed by atoms with Crippen molar-refractivity contribution in [2.75, 3.05) is 12.4 Å². The predicted octanol–water partition coefficient (Wildman–Crippen LogP) is 3.04. The molecule has 0 aromatic heterocycles. The van der Waals surface area contributed by atoms with Crippen molar-refractivity contribution in [2.45, 2.75) is 25.7 Å². The monoisotopic (exact) mass is 329 g/mol. The number of rotatable bonds is 7. The van der Waals surface area contributed by atoms with E-state index in [0.717, 1.165) is 4.47 Å². The molecular weight excluding hydrogens is 314 g/mol. The highest BCUT2D eigenvalue weighted by Crippen LogP contribution is 2.27. The minimum atomic E-state index is -0.837. The van der Waals surface area contributed by atoms with Crippen molar-refractivity contribution in [1.82, 2.24) is 0 Å². The molecular formula is C13H16BrNO4. The highest BCUT2D eigenvalue weighted by molar-refractivity contribution is 9.10. The second-order valence-electron chi connectivity index (χ2n) is 3.99. The van der Waals surface area contributed by atoms with Crippen LogP contribution < -0.4 is 10.1 Å². The number of halogens is 1. The van der Waals surface area contributed by atoms with E-state index in [4.69, 9.17) is 9.84 Å². The lowest BCUT2D eigenvalue weighted by Gasteiger charge is -2.09. The highest BCUT2D eigenvalue weighted by Gasteiger charge is 2.07. The Balaban J connectivity index is 2.45. The number of unbranched alkanes of at least 4 members (excludes halogenated alkanes) is 1. The predicted molar refractivity (Wildman–Crippen MR) is 75.4 cm³/mol. The molecule has 2 N–H and O–H groups in total. The van der Waals surface area contributed by atoms with Crippen LogP contribution in [0.15, 0.2) is 22.7 Å². The van der Waals surface area contributed by atoms with Crippen LogP contribution in [0.5, 0.6) is 5.75 Å². The normalized spacial score (nSPS) is 10.0. The Kier molecular flexibility index (Phi) is 6.35. The van der Waals surface area contributed by atoms with Gasteiger partial charge in [-0.15, -0.1) is 0 Å². The first-order valence-electron chi connectivity index (χ1n) is 5.88. The topological polar surface area (TPSA) is 75.6 Å². The van der Waals surface area contributed by atoms with E-state index in [0.29, 0.717) is 30.7 Å². The second-order valence-corrected chi connectivity index (χ2v) is 4.85. The average molecular weight is 330 g/mol. The Morgan fingerprint density at radius 3 is 2.63 bits per heavy atom. The maximum atomic E-state index is 11.7. The summed E-state index contributed by atoms with van der Waals surface area (Å²) in [6.07, 6.45) is 1.45. The fourth-order valence-corrected chi connectivity index (χ4v) is 1.85. The Morgan fingerprint density at radius 1 is 1.32 bits per heavy atom. The summed E-state index contributed by atoms with van der Waals surface area (Å²) in [4.78, 5) is 22.0. The third-order valence-electron chi connectivity index (χ3n) is 2.49. The van der Waals surface area contributed by atoms with Crippen molar-refractivity contribution in [3.63, 3.8) is 0 Å². The quantitative estimate of drug-likeness (QED) is 0.754. The van der Waals surface area contributed by atoms with Crippen LogP contribution in [0.2, 0.25) is 0 Å². The summed E-state index contributed by atoms with van der Waals surface area (Å²) in [6.45, 7) is 0. The van der Waals surface area contributed by atoms with E-state index >= 15 is 0 Å². The number of hydrogen-bond acceptors (Lipinski definition) is 3. The molecule has 0 unspecified atom stereocenters. The van der Waals surface area contributed by atoms with Gasteiger partial charge in [0.1, 0.15) is 5.75 Å². The summed E-state index contributed by atoms with van der Waals surface area (Å²) in [5, 5.41) is 11.2. The Bertz CT molecular complexity index is 462. The van der Waals surface area contributed by atoms with Gasteiger partial charge in [0.15, 0.2) is 0 Å². The SMILES string of the molecule is COc1ccc(Br)c(NC(=O)CCCCC(=O)O)c1. The summed E-state index contributed by atoms with van der Waals surface area (Å²) in [5.74, 6) is -0.320. The first kappa shape index (κ1) is 15.5. The number of aliphatic carboxylic acids is 1. The standard InChI is InChI=1S/C13H16BrNO4/c1-19-9-6-7-10(14)11(8-9)15-12(16)4-2-3-5-13(17)18/h6-8H,2-5H2,1H3,(H,15,16)(H,17,18). The lowest BCUT2D eigenvalue weighted by molar-refractivity contribution is -0.137. The molecule has 0 radical (unpaired) electrons. The van der Waals surface area contributed by atoms with Crippen molar-refractivity contribution in [3.05, 3.63) is 22.7 Å². The van der Waals surface area contributed by atoms with Gasteiger partial charge in [0.2, 0.25) is 5.91 Å². The largest absolute Gasteiger partial charge is 0.497 e. The van der Waals surface area contributed by atoms with Gasteiger partial charge >= 0.3 is 5.97 Å². The fourth-order valence-electron chi connectivity index (χ4n) is 1.50. The van der Waals surface area contributed by atoms with E-state index in [1.807, 2.05) is 0 Å². The van der Waals surface area contributed by atoms with Gasteiger partial charge < -0.3 is 15.2 Å². The van der Waals surface area contributed by atoms with Crippen LogP contribution in [0, 0.1) is 0 Å². The lowest BCUT2D eigenvalue weighted by atomic mass is 10.2. The molecule has 0 bridgehead atoms. The molecule has 1 rings (SSSR count). The zero-order valence-electron chi connectivity index (χ0n) is 10.6.